The van der Waals surface area contributed by atoms with Crippen molar-refractivity contribution in [2.75, 3.05) is 6.61 Å². The summed E-state index contributed by atoms with van der Waals surface area (Å²) in [6, 6.07) is 0. The lowest BCUT2D eigenvalue weighted by molar-refractivity contribution is -0.186. The van der Waals surface area contributed by atoms with Gasteiger partial charge >= 0.3 is 27.3 Å². The fraction of sp³-hybridized carbons (Fsp3) is 0.846. The van der Waals surface area contributed by atoms with Gasteiger partial charge in [0.05, 0.1) is 5.41 Å². The first-order valence-corrected chi connectivity index (χ1v) is 8.47. The van der Waals surface area contributed by atoms with E-state index in [0.717, 1.165) is 0 Å². The second-order valence-corrected chi connectivity index (χ2v) is 8.27. The molecule has 138 valence electrons. The Morgan fingerprint density at radius 1 is 1.38 bits per heavy atom. The van der Waals surface area contributed by atoms with E-state index in [-0.39, 0.29) is 6.42 Å². The Morgan fingerprint density at radius 2 is 1.92 bits per heavy atom. The van der Waals surface area contributed by atoms with Crippen LogP contribution in [0, 0.1) is 10.8 Å². The first-order valence-electron chi connectivity index (χ1n) is 7.03. The second-order valence-electron chi connectivity index (χ2n) is 6.78. The number of carbonyl (C=O) groups excluding carboxylic acids is 2. The minimum atomic E-state index is -6.01. The van der Waals surface area contributed by atoms with Crippen LogP contribution < -0.4 is 0 Å². The Kier molecular flexibility index (Phi) is 4.01. The lowest BCUT2D eigenvalue weighted by Gasteiger charge is -2.34. The Labute approximate surface area is 136 Å². The van der Waals surface area contributed by atoms with Crippen molar-refractivity contribution < 1.29 is 45.2 Å². The molecule has 7 nitrogen and oxygen atoms in total. The molecule has 1 saturated carbocycles. The van der Waals surface area contributed by atoms with Crippen molar-refractivity contribution in [3.63, 3.8) is 0 Å². The molecular weight excluding hydrogens is 357 g/mol. The number of fused-ring (bicyclic) bond motifs is 2. The molecule has 0 amide bonds. The van der Waals surface area contributed by atoms with Crippen LogP contribution in [0.15, 0.2) is 0 Å². The molecule has 2 bridgehead atoms. The molecule has 0 aromatic rings. The smallest absolute Gasteiger partial charge is 0.403 e. The van der Waals surface area contributed by atoms with Crippen molar-refractivity contribution in [1.82, 2.24) is 0 Å². The monoisotopic (exact) mass is 374 g/mol. The Bertz CT molecular complexity index is 690. The van der Waals surface area contributed by atoms with E-state index in [1.54, 1.807) is 20.8 Å². The highest BCUT2D eigenvalue weighted by Gasteiger charge is 2.76. The quantitative estimate of drug-likeness (QED) is 0.574. The highest BCUT2D eigenvalue weighted by Crippen LogP contribution is 2.65. The molecule has 1 saturated heterocycles. The average molecular weight is 374 g/mol. The van der Waals surface area contributed by atoms with Gasteiger partial charge in [-0.25, -0.2) is 9.18 Å². The largest absolute Gasteiger partial charge is 0.459 e. The van der Waals surface area contributed by atoms with Gasteiger partial charge in [0.25, 0.3) is 0 Å². The molecule has 0 spiro atoms. The lowest BCUT2D eigenvalue weighted by atomic mass is 9.66. The van der Waals surface area contributed by atoms with Crippen LogP contribution in [0.25, 0.3) is 0 Å². The molecular formula is C13H17F3O7S. The number of ether oxygens (including phenoxy) is 2. The molecule has 1 aliphatic heterocycles. The van der Waals surface area contributed by atoms with E-state index < -0.39 is 56.5 Å². The van der Waals surface area contributed by atoms with Gasteiger partial charge in [0.2, 0.25) is 11.8 Å². The summed E-state index contributed by atoms with van der Waals surface area (Å²) in [7, 11) is -6.01. The van der Waals surface area contributed by atoms with Crippen LogP contribution in [0.1, 0.15) is 33.6 Å². The van der Waals surface area contributed by atoms with E-state index in [1.165, 1.54) is 0 Å². The van der Waals surface area contributed by atoms with Crippen LogP contribution in [-0.2, 0) is 29.2 Å². The summed E-state index contributed by atoms with van der Waals surface area (Å²) in [5.41, 5.74) is -3.74. The highest BCUT2D eigenvalue weighted by molar-refractivity contribution is 7.86. The third-order valence-corrected chi connectivity index (χ3v) is 6.43. The van der Waals surface area contributed by atoms with Crippen molar-refractivity contribution in [1.29, 1.82) is 0 Å². The molecule has 2 fully saturated rings. The van der Waals surface area contributed by atoms with Crippen molar-refractivity contribution in [2.24, 2.45) is 10.8 Å². The van der Waals surface area contributed by atoms with Gasteiger partial charge in [0, 0.05) is 5.41 Å². The number of carbonyl (C=O) groups is 2. The zero-order valence-electron chi connectivity index (χ0n) is 13.1. The molecule has 3 unspecified atom stereocenters. The molecule has 24 heavy (non-hydrogen) atoms. The molecule has 0 aromatic heterocycles. The third kappa shape index (κ3) is 2.17. The number of esters is 2. The maximum Gasteiger partial charge on any atom is 0.403 e. The summed E-state index contributed by atoms with van der Waals surface area (Å²) in [5.74, 6) is -1.87. The lowest BCUT2D eigenvalue weighted by Crippen LogP contribution is -2.50. The summed E-state index contributed by atoms with van der Waals surface area (Å²) < 4.78 is 78.5. The summed E-state index contributed by atoms with van der Waals surface area (Å²) in [6.07, 6.45) is -3.10. The summed E-state index contributed by atoms with van der Waals surface area (Å²) in [6.45, 7) is 3.14. The Hall–Kier alpha value is -1.36. The van der Waals surface area contributed by atoms with Gasteiger partial charge in [-0.3, -0.25) is 9.35 Å². The molecule has 2 rings (SSSR count). The first kappa shape index (κ1) is 19.0. The number of alkyl halides is 3. The van der Waals surface area contributed by atoms with Gasteiger partial charge in [0.1, 0.15) is 6.61 Å². The molecule has 1 aliphatic carbocycles. The van der Waals surface area contributed by atoms with Crippen LogP contribution in [0.2, 0.25) is 0 Å². The van der Waals surface area contributed by atoms with Crippen LogP contribution >= 0.6 is 0 Å². The number of hydrogen-bond donors (Lipinski definition) is 1. The minimum Gasteiger partial charge on any atom is -0.459 e. The predicted octanol–water partition coefficient (Wildman–Crippen LogP) is 1.47. The van der Waals surface area contributed by atoms with E-state index in [0.29, 0.717) is 6.42 Å². The molecule has 1 heterocycles. The highest BCUT2D eigenvalue weighted by atomic mass is 32.2. The van der Waals surface area contributed by atoms with E-state index in [1.807, 2.05) is 0 Å². The fourth-order valence-electron chi connectivity index (χ4n) is 3.23. The normalized spacial score (nSPS) is 33.2. The van der Waals surface area contributed by atoms with Crippen LogP contribution in [0.5, 0.6) is 0 Å². The van der Waals surface area contributed by atoms with Gasteiger partial charge in [-0.05, 0) is 19.8 Å². The second kappa shape index (κ2) is 5.07. The zero-order valence-corrected chi connectivity index (χ0v) is 14.0. The third-order valence-electron chi connectivity index (χ3n) is 5.48. The van der Waals surface area contributed by atoms with Crippen LogP contribution in [0.3, 0.4) is 0 Å². The molecule has 0 radical (unpaired) electrons. The van der Waals surface area contributed by atoms with Gasteiger partial charge < -0.3 is 9.47 Å². The minimum absolute atomic E-state index is 0.0761. The molecule has 3 atom stereocenters. The van der Waals surface area contributed by atoms with Gasteiger partial charge in [-0.2, -0.15) is 17.2 Å². The van der Waals surface area contributed by atoms with Crippen molar-refractivity contribution >= 4 is 22.1 Å². The average Bonchev–Trinajstić information content (AvgIpc) is 2.73. The van der Waals surface area contributed by atoms with E-state index in [2.05, 4.69) is 4.74 Å². The van der Waals surface area contributed by atoms with Crippen LogP contribution in [0.4, 0.5) is 13.2 Å². The van der Waals surface area contributed by atoms with Gasteiger partial charge in [-0.1, -0.05) is 13.8 Å². The van der Waals surface area contributed by atoms with Crippen molar-refractivity contribution in [3.8, 4) is 0 Å². The summed E-state index contributed by atoms with van der Waals surface area (Å²) in [4.78, 5) is 24.3. The fourth-order valence-corrected chi connectivity index (χ4v) is 3.62. The Balaban J connectivity index is 2.16. The van der Waals surface area contributed by atoms with E-state index in [4.69, 9.17) is 9.29 Å². The first-order chi connectivity index (χ1) is 10.6. The van der Waals surface area contributed by atoms with Crippen molar-refractivity contribution in [3.05, 3.63) is 0 Å². The SMILES string of the molecule is CC12CCC(C(=O)OCC(F)C(F)(F)S(=O)(=O)O)(OC1=O)C2(C)C. The molecule has 2 aliphatic rings. The number of hydrogen-bond acceptors (Lipinski definition) is 6. The molecule has 0 aromatic carbocycles. The van der Waals surface area contributed by atoms with Gasteiger partial charge in [-0.15, -0.1) is 0 Å². The Morgan fingerprint density at radius 3 is 2.29 bits per heavy atom. The molecule has 1 N–H and O–H groups in total. The van der Waals surface area contributed by atoms with E-state index >= 15 is 0 Å². The summed E-state index contributed by atoms with van der Waals surface area (Å²) >= 11 is 0. The number of rotatable bonds is 5. The predicted molar refractivity (Wildman–Crippen MR) is 72.3 cm³/mol. The van der Waals surface area contributed by atoms with E-state index in [9.17, 15) is 31.2 Å². The maximum absolute atomic E-state index is 13.4. The van der Waals surface area contributed by atoms with Crippen molar-refractivity contribution in [2.45, 2.75) is 50.6 Å². The molecule has 11 heteroatoms. The number of halogens is 3. The maximum atomic E-state index is 13.4. The zero-order chi connectivity index (χ0) is 18.8. The standard InChI is InChI=1S/C13H17F3O7S/c1-10(2)11(3)4-5-12(10,23-8(11)17)9(18)22-6-7(14)13(15,16)24(19,20)21/h7H,4-6H2,1-3H3,(H,19,20,21). The van der Waals surface area contributed by atoms with Gasteiger partial charge in [0.15, 0.2) is 0 Å². The summed E-state index contributed by atoms with van der Waals surface area (Å²) in [5, 5.41) is -5.13. The van der Waals surface area contributed by atoms with Crippen LogP contribution in [-0.4, -0.2) is 48.5 Å². The topological polar surface area (TPSA) is 107 Å².